The maximum atomic E-state index is 13.9. The molecule has 13 heteroatoms. The molecule has 242 valence electrons. The first-order valence-corrected chi connectivity index (χ1v) is 16.9. The van der Waals surface area contributed by atoms with E-state index in [-0.39, 0.29) is 31.3 Å². The highest BCUT2D eigenvalue weighted by Gasteiger charge is 2.33. The topological polar surface area (TPSA) is 111 Å². The Labute approximate surface area is 262 Å². The number of halogens is 2. The average Bonchev–Trinajstić information content (AvgIpc) is 3.41. The molecule has 2 atom stereocenters. The van der Waals surface area contributed by atoms with Gasteiger partial charge in [-0.05, 0) is 64.1 Å². The van der Waals surface area contributed by atoms with Crippen LogP contribution in [0.25, 0.3) is 0 Å². The molecule has 2 saturated heterocycles. The normalized spacial score (nSPS) is 21.9. The molecule has 3 aromatic rings. The minimum absolute atomic E-state index is 0.0291. The molecule has 10 nitrogen and oxygen atoms in total. The second kappa shape index (κ2) is 12.8. The molecule has 1 aromatic heterocycles. The summed E-state index contributed by atoms with van der Waals surface area (Å²) in [5.74, 6) is -2.07. The Balaban J connectivity index is 1.25. The molecule has 6 rings (SSSR count). The van der Waals surface area contributed by atoms with Crippen molar-refractivity contribution in [3.63, 3.8) is 0 Å². The maximum Gasteiger partial charge on any atom is 0.243 e. The van der Waals surface area contributed by atoms with E-state index in [2.05, 4.69) is 52.3 Å². The molecule has 0 unspecified atom stereocenters. The number of carbonyl (C=O) groups is 1. The van der Waals surface area contributed by atoms with E-state index < -0.39 is 26.6 Å². The Kier molecular flexibility index (Phi) is 8.97. The molecular weight excluding hydrogens is 602 g/mol. The van der Waals surface area contributed by atoms with Crippen molar-refractivity contribution in [3.8, 4) is 0 Å². The van der Waals surface area contributed by atoms with Gasteiger partial charge in [-0.3, -0.25) is 14.8 Å². The predicted molar refractivity (Wildman–Crippen MR) is 167 cm³/mol. The number of ketones is 1. The summed E-state index contributed by atoms with van der Waals surface area (Å²) in [5.41, 5.74) is 4.20. The number of rotatable bonds is 8. The SMILES string of the molecule is C[C@@H]1CN(c2ccc(C(=O)Cc3n[nH]c4c3CN(S(=O)(=O)c3cc(F)cc(F)c3)CC4)c(NC3CCOCC3)c2)C[C@H](C)N1C. The van der Waals surface area contributed by atoms with Gasteiger partial charge in [0, 0.05) is 98.2 Å². The van der Waals surface area contributed by atoms with E-state index >= 15 is 0 Å². The fraction of sp³-hybridized carbons (Fsp3) is 0.500. The summed E-state index contributed by atoms with van der Waals surface area (Å²) in [6.45, 7) is 7.58. The number of Topliss-reactive ketones (excluding diaryl/α,β-unsaturated/α-hetero) is 1. The monoisotopic (exact) mass is 642 g/mol. The van der Waals surface area contributed by atoms with E-state index in [0.717, 1.165) is 55.1 Å². The number of fused-ring (bicyclic) bond motifs is 1. The molecule has 2 fully saturated rings. The second-order valence-electron chi connectivity index (χ2n) is 12.5. The van der Waals surface area contributed by atoms with Crippen LogP contribution in [0.15, 0.2) is 41.3 Å². The molecule has 0 aliphatic carbocycles. The third-order valence-corrected chi connectivity index (χ3v) is 11.2. The van der Waals surface area contributed by atoms with Crippen LogP contribution in [0, 0.1) is 11.6 Å². The van der Waals surface area contributed by atoms with E-state index in [4.69, 9.17) is 4.74 Å². The Bertz CT molecular complexity index is 1640. The zero-order valence-corrected chi connectivity index (χ0v) is 26.7. The highest BCUT2D eigenvalue weighted by molar-refractivity contribution is 7.89. The number of aromatic nitrogens is 2. The number of carbonyl (C=O) groups excluding carboxylic acids is 1. The van der Waals surface area contributed by atoms with E-state index in [1.54, 1.807) is 0 Å². The summed E-state index contributed by atoms with van der Waals surface area (Å²) >= 11 is 0. The van der Waals surface area contributed by atoms with Gasteiger partial charge in [0.15, 0.2) is 5.78 Å². The molecule has 0 saturated carbocycles. The van der Waals surface area contributed by atoms with Gasteiger partial charge in [0.1, 0.15) is 11.6 Å². The van der Waals surface area contributed by atoms with Gasteiger partial charge in [-0.15, -0.1) is 0 Å². The number of anilines is 2. The molecule has 2 aromatic carbocycles. The number of hydrogen-bond acceptors (Lipinski definition) is 8. The zero-order valence-electron chi connectivity index (χ0n) is 25.9. The summed E-state index contributed by atoms with van der Waals surface area (Å²) in [6.07, 6.45) is 1.99. The largest absolute Gasteiger partial charge is 0.381 e. The average molecular weight is 643 g/mol. The molecule has 0 bridgehead atoms. The third-order valence-electron chi connectivity index (χ3n) is 9.40. The second-order valence-corrected chi connectivity index (χ2v) is 14.4. The molecule has 3 aliphatic rings. The smallest absolute Gasteiger partial charge is 0.243 e. The summed E-state index contributed by atoms with van der Waals surface area (Å²) in [6, 6.07) is 9.15. The Morgan fingerprint density at radius 2 is 1.76 bits per heavy atom. The number of ether oxygens (including phenoxy) is 1. The van der Waals surface area contributed by atoms with Crippen molar-refractivity contribution in [3.05, 3.63) is 70.5 Å². The standard InChI is InChI=1S/C32H40F2N6O4S/c1-20-17-39(18-21(2)38(20)3)25-4-5-27(30(15-25)35-24-7-10-44-11-8-24)32(41)16-31-28-19-40(9-6-29(28)36-37-31)45(42,43)26-13-22(33)12-23(34)14-26/h4-5,12-15,20-21,24,35H,6-11,16-19H2,1-3H3,(H,36,37)/t20-,21+. The lowest BCUT2D eigenvalue weighted by atomic mass is 9.98. The van der Waals surface area contributed by atoms with Crippen molar-refractivity contribution < 1.29 is 26.7 Å². The summed E-state index contributed by atoms with van der Waals surface area (Å²) in [5, 5.41) is 11.0. The third kappa shape index (κ3) is 6.62. The Morgan fingerprint density at radius 1 is 1.07 bits per heavy atom. The van der Waals surface area contributed by atoms with E-state index in [0.29, 0.717) is 54.6 Å². The quantitative estimate of drug-likeness (QED) is 0.355. The fourth-order valence-electron chi connectivity index (χ4n) is 6.52. The lowest BCUT2D eigenvalue weighted by molar-refractivity contribution is 0.0904. The van der Waals surface area contributed by atoms with Gasteiger partial charge in [-0.2, -0.15) is 9.40 Å². The van der Waals surface area contributed by atoms with Crippen LogP contribution in [0.5, 0.6) is 0 Å². The van der Waals surface area contributed by atoms with Crippen molar-refractivity contribution in [1.29, 1.82) is 0 Å². The Morgan fingerprint density at radius 3 is 2.44 bits per heavy atom. The molecule has 0 radical (unpaired) electrons. The first kappa shape index (κ1) is 31.6. The molecule has 3 aliphatic heterocycles. The zero-order chi connectivity index (χ0) is 31.9. The van der Waals surface area contributed by atoms with Gasteiger partial charge < -0.3 is 15.0 Å². The lowest BCUT2D eigenvalue weighted by Crippen LogP contribution is -2.55. The predicted octanol–water partition coefficient (Wildman–Crippen LogP) is 3.98. The van der Waals surface area contributed by atoms with Crippen molar-refractivity contribution in [1.82, 2.24) is 19.4 Å². The van der Waals surface area contributed by atoms with Crippen molar-refractivity contribution in [2.75, 3.05) is 50.1 Å². The minimum atomic E-state index is -4.18. The van der Waals surface area contributed by atoms with Gasteiger partial charge in [0.2, 0.25) is 10.0 Å². The molecule has 2 N–H and O–H groups in total. The number of aromatic amines is 1. The molecule has 4 heterocycles. The van der Waals surface area contributed by atoms with Crippen LogP contribution in [-0.4, -0.2) is 91.6 Å². The Hall–Kier alpha value is -3.39. The summed E-state index contributed by atoms with van der Waals surface area (Å²) in [4.78, 5) is 18.2. The highest BCUT2D eigenvalue weighted by Crippen LogP contribution is 2.31. The van der Waals surface area contributed by atoms with Crippen LogP contribution in [0.1, 0.15) is 54.0 Å². The number of nitrogens with one attached hydrogen (secondary N) is 2. The van der Waals surface area contributed by atoms with E-state index in [9.17, 15) is 22.0 Å². The van der Waals surface area contributed by atoms with E-state index in [1.807, 2.05) is 12.1 Å². The molecule has 45 heavy (non-hydrogen) atoms. The fourth-order valence-corrected chi connectivity index (χ4v) is 7.98. The van der Waals surface area contributed by atoms with Gasteiger partial charge in [-0.25, -0.2) is 17.2 Å². The number of likely N-dealkylation sites (N-methyl/N-ethyl adjacent to an activating group) is 1. The van der Waals surface area contributed by atoms with Gasteiger partial charge in [0.05, 0.1) is 17.0 Å². The first-order valence-electron chi connectivity index (χ1n) is 15.5. The maximum absolute atomic E-state index is 13.9. The first-order chi connectivity index (χ1) is 21.5. The summed E-state index contributed by atoms with van der Waals surface area (Å²) in [7, 11) is -2.03. The number of hydrogen-bond donors (Lipinski definition) is 2. The van der Waals surface area contributed by atoms with Crippen LogP contribution in [0.4, 0.5) is 20.2 Å². The number of benzene rings is 2. The van der Waals surface area contributed by atoms with Crippen LogP contribution < -0.4 is 10.2 Å². The van der Waals surface area contributed by atoms with Crippen LogP contribution >= 0.6 is 0 Å². The summed E-state index contributed by atoms with van der Waals surface area (Å²) < 4.78 is 61.0. The number of nitrogens with zero attached hydrogens (tertiary/aromatic N) is 4. The van der Waals surface area contributed by atoms with Crippen molar-refractivity contribution in [2.45, 2.75) is 69.1 Å². The van der Waals surface area contributed by atoms with Crippen molar-refractivity contribution >= 4 is 27.2 Å². The lowest BCUT2D eigenvalue weighted by Gasteiger charge is -2.43. The van der Waals surface area contributed by atoms with Gasteiger partial charge >= 0.3 is 0 Å². The van der Waals surface area contributed by atoms with Gasteiger partial charge in [-0.1, -0.05) is 0 Å². The van der Waals surface area contributed by atoms with Crippen molar-refractivity contribution in [2.24, 2.45) is 0 Å². The van der Waals surface area contributed by atoms with E-state index in [1.165, 1.54) is 4.31 Å². The number of piperazine rings is 1. The van der Waals surface area contributed by atoms with Crippen LogP contribution in [0.3, 0.4) is 0 Å². The molecule has 0 amide bonds. The number of H-pyrrole nitrogens is 1. The highest BCUT2D eigenvalue weighted by atomic mass is 32.2. The number of sulfonamides is 1. The minimum Gasteiger partial charge on any atom is -0.381 e. The molecule has 0 spiro atoms. The molecular formula is C32H40F2N6O4S. The van der Waals surface area contributed by atoms with Gasteiger partial charge in [0.25, 0.3) is 0 Å². The van der Waals surface area contributed by atoms with Crippen LogP contribution in [-0.2, 0) is 34.1 Å². The van der Waals surface area contributed by atoms with Crippen LogP contribution in [0.2, 0.25) is 0 Å².